The number of nitrogens with zero attached hydrogens (tertiary/aromatic N) is 3. The summed E-state index contributed by atoms with van der Waals surface area (Å²) in [5.41, 5.74) is 1.07. The first-order valence-corrected chi connectivity index (χ1v) is 9.94. The number of rotatable bonds is 5. The number of imidazole rings is 1. The molecule has 1 aromatic carbocycles. The van der Waals surface area contributed by atoms with Crippen LogP contribution in [-0.4, -0.2) is 23.0 Å². The number of hydrogen-bond acceptors (Lipinski definition) is 5. The topological polar surface area (TPSA) is 76.9 Å². The van der Waals surface area contributed by atoms with Crippen molar-refractivity contribution in [2.45, 2.75) is 21.9 Å². The van der Waals surface area contributed by atoms with Crippen LogP contribution in [0.1, 0.15) is 5.56 Å². The summed E-state index contributed by atoms with van der Waals surface area (Å²) < 4.78 is 29.8. The Morgan fingerprint density at radius 1 is 1.24 bits per heavy atom. The third-order valence-corrected chi connectivity index (χ3v) is 6.29. The Morgan fingerprint density at radius 3 is 2.68 bits per heavy atom. The lowest BCUT2D eigenvalue weighted by Crippen LogP contribution is -2.14. The van der Waals surface area contributed by atoms with Gasteiger partial charge in [0.1, 0.15) is 10.0 Å². The minimum absolute atomic E-state index is 0.0613. The number of hydrogen-bond donors (Lipinski definition) is 1. The van der Waals surface area contributed by atoms with Gasteiger partial charge in [-0.25, -0.2) is 18.4 Å². The van der Waals surface area contributed by atoms with Crippen LogP contribution in [0.2, 0.25) is 5.15 Å². The van der Waals surface area contributed by atoms with Crippen LogP contribution in [0.4, 0.5) is 5.69 Å². The number of anilines is 1. The molecule has 3 aromatic rings. The van der Waals surface area contributed by atoms with Gasteiger partial charge in [-0.1, -0.05) is 23.7 Å². The second kappa shape index (κ2) is 7.07. The summed E-state index contributed by atoms with van der Waals surface area (Å²) in [5, 5.41) is 1.04. The molecule has 0 radical (unpaired) electrons. The minimum atomic E-state index is -3.78. The third kappa shape index (κ3) is 3.97. The van der Waals surface area contributed by atoms with Crippen LogP contribution in [0.5, 0.6) is 0 Å². The quantitative estimate of drug-likeness (QED) is 0.667. The number of aryl methyl sites for hydroxylation is 2. The van der Waals surface area contributed by atoms with Crippen molar-refractivity contribution < 1.29 is 8.42 Å². The molecule has 0 aliphatic carbocycles. The zero-order valence-electron chi connectivity index (χ0n) is 13.5. The van der Waals surface area contributed by atoms with E-state index in [1.165, 1.54) is 24.0 Å². The Morgan fingerprint density at radius 2 is 2.00 bits per heavy atom. The van der Waals surface area contributed by atoms with Crippen molar-refractivity contribution in [2.24, 2.45) is 7.05 Å². The van der Waals surface area contributed by atoms with Gasteiger partial charge < -0.3 is 4.57 Å². The SMILES string of the molecule is Cc1cc(S(=O)(=O)Nc2ccccc2Sc2nccn2C)cnc1Cl. The predicted octanol–water partition coefficient (Wildman–Crippen LogP) is 3.73. The van der Waals surface area contributed by atoms with E-state index in [0.717, 1.165) is 10.1 Å². The van der Waals surface area contributed by atoms with Gasteiger partial charge in [0.05, 0.1) is 5.69 Å². The van der Waals surface area contributed by atoms with Gasteiger partial charge in [-0.2, -0.15) is 0 Å². The van der Waals surface area contributed by atoms with E-state index in [1.807, 2.05) is 29.9 Å². The van der Waals surface area contributed by atoms with Crippen LogP contribution < -0.4 is 4.72 Å². The number of halogens is 1. The molecule has 1 N–H and O–H groups in total. The highest BCUT2D eigenvalue weighted by atomic mass is 35.5. The van der Waals surface area contributed by atoms with Crippen molar-refractivity contribution in [1.82, 2.24) is 14.5 Å². The highest BCUT2D eigenvalue weighted by molar-refractivity contribution is 7.99. The van der Waals surface area contributed by atoms with E-state index in [0.29, 0.717) is 11.3 Å². The predicted molar refractivity (Wildman–Crippen MR) is 98.6 cm³/mol. The Balaban J connectivity index is 1.92. The summed E-state index contributed by atoms with van der Waals surface area (Å²) in [6, 6.07) is 8.65. The molecule has 25 heavy (non-hydrogen) atoms. The highest BCUT2D eigenvalue weighted by Gasteiger charge is 2.18. The summed E-state index contributed by atoms with van der Waals surface area (Å²) >= 11 is 7.25. The summed E-state index contributed by atoms with van der Waals surface area (Å²) in [6.07, 6.45) is 4.76. The van der Waals surface area contributed by atoms with Gasteiger partial charge in [0.2, 0.25) is 0 Å². The molecular formula is C16H15ClN4O2S2. The maximum atomic E-state index is 12.7. The molecule has 0 saturated carbocycles. The van der Waals surface area contributed by atoms with Crippen molar-refractivity contribution in [1.29, 1.82) is 0 Å². The molecule has 3 rings (SSSR count). The lowest BCUT2D eigenvalue weighted by molar-refractivity contribution is 0.600. The van der Waals surface area contributed by atoms with Crippen molar-refractivity contribution in [2.75, 3.05) is 4.72 Å². The molecule has 2 heterocycles. The summed E-state index contributed by atoms with van der Waals surface area (Å²) in [7, 11) is -1.90. The summed E-state index contributed by atoms with van der Waals surface area (Å²) in [6.45, 7) is 1.71. The van der Waals surface area contributed by atoms with E-state index in [9.17, 15) is 8.42 Å². The molecule has 6 nitrogen and oxygen atoms in total. The standard InChI is InChI=1S/C16H15ClN4O2S2/c1-11-9-12(10-19-15(11)17)25(22,23)20-13-5-3-4-6-14(13)24-16-18-7-8-21(16)2/h3-10,20H,1-2H3. The van der Waals surface area contributed by atoms with Crippen LogP contribution in [0.3, 0.4) is 0 Å². The first kappa shape index (κ1) is 17.8. The van der Waals surface area contributed by atoms with Crippen molar-refractivity contribution in [3.63, 3.8) is 0 Å². The van der Waals surface area contributed by atoms with E-state index in [4.69, 9.17) is 11.6 Å². The minimum Gasteiger partial charge on any atom is -0.329 e. The van der Waals surface area contributed by atoms with Crippen molar-refractivity contribution in [3.8, 4) is 0 Å². The van der Waals surface area contributed by atoms with Crippen molar-refractivity contribution >= 4 is 39.1 Å². The molecule has 0 amide bonds. The maximum absolute atomic E-state index is 12.7. The molecule has 0 fully saturated rings. The average molecular weight is 395 g/mol. The monoisotopic (exact) mass is 394 g/mol. The molecule has 0 aliphatic heterocycles. The zero-order valence-corrected chi connectivity index (χ0v) is 15.9. The summed E-state index contributed by atoms with van der Waals surface area (Å²) in [4.78, 5) is 8.97. The van der Waals surface area contributed by atoms with Gasteiger partial charge in [-0.15, -0.1) is 0 Å². The Kier molecular flexibility index (Phi) is 5.03. The Bertz CT molecular complexity index is 1020. The highest BCUT2D eigenvalue weighted by Crippen LogP contribution is 2.33. The second-order valence-corrected chi connectivity index (χ2v) is 8.35. The number of para-hydroxylation sites is 1. The van der Waals surface area contributed by atoms with E-state index < -0.39 is 10.0 Å². The molecule has 0 saturated heterocycles. The fourth-order valence-corrected chi connectivity index (χ4v) is 4.24. The molecule has 0 atom stereocenters. The first-order valence-electron chi connectivity index (χ1n) is 7.26. The zero-order chi connectivity index (χ0) is 18.0. The molecule has 0 unspecified atom stereocenters. The molecule has 9 heteroatoms. The lowest BCUT2D eigenvalue weighted by atomic mass is 10.3. The second-order valence-electron chi connectivity index (χ2n) is 5.30. The molecule has 0 spiro atoms. The van der Waals surface area contributed by atoms with E-state index in [1.54, 1.807) is 25.3 Å². The maximum Gasteiger partial charge on any atom is 0.263 e. The number of pyridine rings is 1. The largest absolute Gasteiger partial charge is 0.329 e. The molecule has 0 bridgehead atoms. The number of nitrogens with one attached hydrogen (secondary N) is 1. The lowest BCUT2D eigenvalue weighted by Gasteiger charge is -2.12. The van der Waals surface area contributed by atoms with Crippen LogP contribution in [0.15, 0.2) is 63.9 Å². The van der Waals surface area contributed by atoms with Crippen LogP contribution >= 0.6 is 23.4 Å². The van der Waals surface area contributed by atoms with Gasteiger partial charge in [0.15, 0.2) is 5.16 Å². The van der Waals surface area contributed by atoms with Crippen LogP contribution in [0, 0.1) is 6.92 Å². The average Bonchev–Trinajstić information content (AvgIpc) is 2.96. The molecule has 0 aliphatic rings. The first-order chi connectivity index (χ1) is 11.9. The van der Waals surface area contributed by atoms with Gasteiger partial charge in [-0.3, -0.25) is 4.72 Å². The Labute approximate surface area is 155 Å². The number of aromatic nitrogens is 3. The van der Waals surface area contributed by atoms with Crippen molar-refractivity contribution in [3.05, 3.63) is 59.6 Å². The Hall–Kier alpha value is -2.03. The molecule has 2 aromatic heterocycles. The van der Waals surface area contributed by atoms with Gasteiger partial charge in [0, 0.05) is 30.5 Å². The van der Waals surface area contributed by atoms with Gasteiger partial charge >= 0.3 is 0 Å². The fourth-order valence-electron chi connectivity index (χ4n) is 2.07. The van der Waals surface area contributed by atoms with E-state index in [-0.39, 0.29) is 10.0 Å². The fraction of sp³-hybridized carbons (Fsp3) is 0.125. The molecular weight excluding hydrogens is 380 g/mol. The summed E-state index contributed by atoms with van der Waals surface area (Å²) in [5.74, 6) is 0. The van der Waals surface area contributed by atoms with Crippen LogP contribution in [0.25, 0.3) is 0 Å². The number of benzene rings is 1. The van der Waals surface area contributed by atoms with Gasteiger partial charge in [0.25, 0.3) is 10.0 Å². The van der Waals surface area contributed by atoms with Gasteiger partial charge in [-0.05, 0) is 42.4 Å². The smallest absolute Gasteiger partial charge is 0.263 e. The van der Waals surface area contributed by atoms with E-state index in [2.05, 4.69) is 14.7 Å². The normalized spacial score (nSPS) is 11.5. The molecule has 130 valence electrons. The number of sulfonamides is 1. The van der Waals surface area contributed by atoms with E-state index >= 15 is 0 Å². The third-order valence-electron chi connectivity index (χ3n) is 3.41. The van der Waals surface area contributed by atoms with Crippen LogP contribution in [-0.2, 0) is 17.1 Å².